The van der Waals surface area contributed by atoms with Gasteiger partial charge in [-0.1, -0.05) is 0 Å². The molecular formula is C18H25N5O. The zero-order valence-electron chi connectivity index (χ0n) is 14.2. The van der Waals surface area contributed by atoms with Gasteiger partial charge in [0.1, 0.15) is 11.9 Å². The summed E-state index contributed by atoms with van der Waals surface area (Å²) >= 11 is 0. The van der Waals surface area contributed by atoms with Crippen LogP contribution in [0.5, 0.6) is 0 Å². The molecule has 1 aliphatic heterocycles. The van der Waals surface area contributed by atoms with Crippen LogP contribution < -0.4 is 5.32 Å². The lowest BCUT2D eigenvalue weighted by atomic mass is 9.99. The number of ether oxygens (including phenoxy) is 1. The van der Waals surface area contributed by atoms with E-state index in [1.54, 1.807) is 0 Å². The van der Waals surface area contributed by atoms with Crippen molar-refractivity contribution in [3.05, 3.63) is 41.7 Å². The fourth-order valence-electron chi connectivity index (χ4n) is 3.43. The molecule has 2 fully saturated rings. The molecule has 6 nitrogen and oxygen atoms in total. The first-order chi connectivity index (χ1) is 11.8. The van der Waals surface area contributed by atoms with Gasteiger partial charge in [0.25, 0.3) is 0 Å². The maximum Gasteiger partial charge on any atom is 0.131 e. The summed E-state index contributed by atoms with van der Waals surface area (Å²) in [6.07, 6.45) is 9.51. The summed E-state index contributed by atoms with van der Waals surface area (Å²) in [7, 11) is 0. The average Bonchev–Trinajstić information content (AvgIpc) is 3.18. The third-order valence-corrected chi connectivity index (χ3v) is 4.96. The van der Waals surface area contributed by atoms with Gasteiger partial charge in [0.2, 0.25) is 0 Å². The Morgan fingerprint density at radius 1 is 1.25 bits per heavy atom. The Hall–Kier alpha value is -1.79. The monoisotopic (exact) mass is 327 g/mol. The third kappa shape index (κ3) is 3.35. The van der Waals surface area contributed by atoms with E-state index >= 15 is 0 Å². The van der Waals surface area contributed by atoms with Crippen LogP contribution in [0.1, 0.15) is 55.3 Å². The van der Waals surface area contributed by atoms with Crippen LogP contribution in [0.25, 0.3) is 0 Å². The lowest BCUT2D eigenvalue weighted by molar-refractivity contribution is 0.0830. The van der Waals surface area contributed by atoms with E-state index in [0.29, 0.717) is 11.8 Å². The van der Waals surface area contributed by atoms with E-state index in [2.05, 4.69) is 33.4 Å². The van der Waals surface area contributed by atoms with Crippen molar-refractivity contribution in [1.82, 2.24) is 25.1 Å². The standard InChI is InChI=1S/C18H25N5O/c1-2-23-16(5-7-22-23)17-15(6-8-24-17)12-19-9-13-10-20-18(21-11-13)14-3-4-14/h5,7,10-11,14-15,17,19H,2-4,6,8-9,12H2,1H3/t15-,17+/m0/s1. The molecule has 0 unspecified atom stereocenters. The van der Waals surface area contributed by atoms with Gasteiger partial charge in [-0.2, -0.15) is 5.10 Å². The van der Waals surface area contributed by atoms with Crippen molar-refractivity contribution in [3.63, 3.8) is 0 Å². The Balaban J connectivity index is 1.31. The fraction of sp³-hybridized carbons (Fsp3) is 0.611. The molecule has 0 spiro atoms. The van der Waals surface area contributed by atoms with Gasteiger partial charge < -0.3 is 10.1 Å². The number of nitrogens with zero attached hydrogens (tertiary/aromatic N) is 4. The van der Waals surface area contributed by atoms with Gasteiger partial charge in [0.15, 0.2) is 0 Å². The largest absolute Gasteiger partial charge is 0.372 e. The first-order valence-corrected chi connectivity index (χ1v) is 9.00. The third-order valence-electron chi connectivity index (χ3n) is 4.96. The number of hydrogen-bond acceptors (Lipinski definition) is 5. The summed E-state index contributed by atoms with van der Waals surface area (Å²) in [5.74, 6) is 2.11. The lowest BCUT2D eigenvalue weighted by Crippen LogP contribution is -2.26. The van der Waals surface area contributed by atoms with Gasteiger partial charge in [0.05, 0.1) is 5.69 Å². The number of aryl methyl sites for hydroxylation is 1. The SMILES string of the molecule is CCn1nccc1[C@@H]1OCC[C@H]1CNCc1cnc(C2CC2)nc1. The molecule has 2 atom stereocenters. The van der Waals surface area contributed by atoms with Gasteiger partial charge in [-0.3, -0.25) is 4.68 Å². The zero-order valence-corrected chi connectivity index (χ0v) is 14.2. The second-order valence-electron chi connectivity index (χ2n) is 6.77. The molecule has 2 aliphatic rings. The second-order valence-corrected chi connectivity index (χ2v) is 6.77. The van der Waals surface area contributed by atoms with Gasteiger partial charge in [-0.25, -0.2) is 9.97 Å². The molecule has 3 heterocycles. The highest BCUT2D eigenvalue weighted by Crippen LogP contribution is 2.37. The topological polar surface area (TPSA) is 64.9 Å². The maximum atomic E-state index is 5.98. The predicted molar refractivity (Wildman–Crippen MR) is 90.4 cm³/mol. The van der Waals surface area contributed by atoms with Gasteiger partial charge in [-0.05, 0) is 32.3 Å². The summed E-state index contributed by atoms with van der Waals surface area (Å²) in [6, 6.07) is 2.08. The average molecular weight is 327 g/mol. The summed E-state index contributed by atoms with van der Waals surface area (Å²) in [4.78, 5) is 8.96. The number of rotatable bonds is 7. The van der Waals surface area contributed by atoms with E-state index in [4.69, 9.17) is 4.74 Å². The van der Waals surface area contributed by atoms with Crippen LogP contribution in [0.2, 0.25) is 0 Å². The van der Waals surface area contributed by atoms with Crippen LogP contribution in [0.15, 0.2) is 24.7 Å². The summed E-state index contributed by atoms with van der Waals surface area (Å²) < 4.78 is 8.01. The molecule has 0 amide bonds. The maximum absolute atomic E-state index is 5.98. The molecule has 1 saturated carbocycles. The fourth-order valence-corrected chi connectivity index (χ4v) is 3.43. The highest BCUT2D eigenvalue weighted by Gasteiger charge is 2.31. The molecule has 0 radical (unpaired) electrons. The van der Waals surface area contributed by atoms with E-state index in [-0.39, 0.29) is 6.10 Å². The van der Waals surface area contributed by atoms with Crippen LogP contribution in [0.4, 0.5) is 0 Å². The molecule has 128 valence electrons. The van der Waals surface area contributed by atoms with E-state index in [1.165, 1.54) is 18.5 Å². The van der Waals surface area contributed by atoms with E-state index < -0.39 is 0 Å². The Labute approximate surface area is 142 Å². The van der Waals surface area contributed by atoms with Gasteiger partial charge in [-0.15, -0.1) is 0 Å². The van der Waals surface area contributed by atoms with Crippen LogP contribution >= 0.6 is 0 Å². The zero-order chi connectivity index (χ0) is 16.4. The Morgan fingerprint density at radius 2 is 2.08 bits per heavy atom. The summed E-state index contributed by atoms with van der Waals surface area (Å²) in [5, 5.41) is 7.92. The number of nitrogens with one attached hydrogen (secondary N) is 1. The molecule has 2 aromatic heterocycles. The van der Waals surface area contributed by atoms with E-state index in [9.17, 15) is 0 Å². The molecule has 0 aromatic carbocycles. The molecule has 1 saturated heterocycles. The van der Waals surface area contributed by atoms with Gasteiger partial charge >= 0.3 is 0 Å². The highest BCUT2D eigenvalue weighted by atomic mass is 16.5. The summed E-state index contributed by atoms with van der Waals surface area (Å²) in [6.45, 7) is 5.56. The first-order valence-electron chi connectivity index (χ1n) is 9.00. The lowest BCUT2D eigenvalue weighted by Gasteiger charge is -2.20. The van der Waals surface area contributed by atoms with Crippen molar-refractivity contribution in [2.75, 3.05) is 13.2 Å². The molecule has 4 rings (SSSR count). The van der Waals surface area contributed by atoms with Crippen molar-refractivity contribution < 1.29 is 4.74 Å². The van der Waals surface area contributed by atoms with E-state index in [0.717, 1.165) is 44.0 Å². The Kier molecular flexibility index (Phi) is 4.58. The summed E-state index contributed by atoms with van der Waals surface area (Å²) in [5.41, 5.74) is 2.34. The van der Waals surface area contributed by atoms with Crippen molar-refractivity contribution in [2.24, 2.45) is 5.92 Å². The second kappa shape index (κ2) is 6.99. The number of aromatic nitrogens is 4. The van der Waals surface area contributed by atoms with Crippen molar-refractivity contribution in [2.45, 2.75) is 51.3 Å². The minimum absolute atomic E-state index is 0.147. The van der Waals surface area contributed by atoms with Crippen molar-refractivity contribution >= 4 is 0 Å². The predicted octanol–water partition coefficient (Wildman–Crippen LogP) is 2.44. The Morgan fingerprint density at radius 3 is 2.83 bits per heavy atom. The minimum atomic E-state index is 0.147. The molecule has 24 heavy (non-hydrogen) atoms. The van der Waals surface area contributed by atoms with Crippen LogP contribution in [-0.2, 0) is 17.8 Å². The highest BCUT2D eigenvalue weighted by molar-refractivity contribution is 5.11. The van der Waals surface area contributed by atoms with Crippen molar-refractivity contribution in [1.29, 1.82) is 0 Å². The molecule has 6 heteroatoms. The van der Waals surface area contributed by atoms with Crippen molar-refractivity contribution in [3.8, 4) is 0 Å². The first kappa shape index (κ1) is 15.7. The van der Waals surface area contributed by atoms with Crippen LogP contribution in [0, 0.1) is 5.92 Å². The number of hydrogen-bond donors (Lipinski definition) is 1. The molecule has 2 aromatic rings. The Bertz CT molecular complexity index is 664. The molecule has 1 N–H and O–H groups in total. The van der Waals surface area contributed by atoms with Crippen LogP contribution in [0.3, 0.4) is 0 Å². The smallest absolute Gasteiger partial charge is 0.131 e. The quantitative estimate of drug-likeness (QED) is 0.846. The molecule has 0 bridgehead atoms. The van der Waals surface area contributed by atoms with Gasteiger partial charge in [0, 0.05) is 62.2 Å². The minimum Gasteiger partial charge on any atom is -0.372 e. The van der Waals surface area contributed by atoms with E-state index in [1.807, 2.05) is 23.3 Å². The normalized spacial score (nSPS) is 23.7. The molecule has 1 aliphatic carbocycles. The molecular weight excluding hydrogens is 302 g/mol. The van der Waals surface area contributed by atoms with Crippen LogP contribution in [-0.4, -0.2) is 32.9 Å².